The van der Waals surface area contributed by atoms with Crippen LogP contribution >= 0.6 is 12.2 Å². The third kappa shape index (κ3) is 7.81. The van der Waals surface area contributed by atoms with Crippen molar-refractivity contribution in [2.75, 3.05) is 0 Å². The van der Waals surface area contributed by atoms with E-state index in [0.29, 0.717) is 18.0 Å². The lowest BCUT2D eigenvalue weighted by atomic mass is 10.1. The molecular formula is C17H25NO2S. The summed E-state index contributed by atoms with van der Waals surface area (Å²) in [4.78, 5) is 12.3. The second kappa shape index (κ2) is 10.3. The Hall–Kier alpha value is -1.42. The second-order valence-electron chi connectivity index (χ2n) is 5.15. The van der Waals surface area contributed by atoms with Crippen LogP contribution < -0.4 is 5.32 Å². The van der Waals surface area contributed by atoms with Crippen LogP contribution in [0.4, 0.5) is 0 Å². The van der Waals surface area contributed by atoms with Gasteiger partial charge in [-0.15, -0.1) is 0 Å². The summed E-state index contributed by atoms with van der Waals surface area (Å²) >= 11 is 5.26. The molecule has 1 unspecified atom stereocenters. The quantitative estimate of drug-likeness (QED) is 0.425. The van der Waals surface area contributed by atoms with Crippen LogP contribution in [0.15, 0.2) is 30.3 Å². The molecule has 1 N–H and O–H groups in total. The summed E-state index contributed by atoms with van der Waals surface area (Å²) in [6.07, 6.45) is 4.41. The van der Waals surface area contributed by atoms with Gasteiger partial charge in [0.05, 0.1) is 0 Å². The van der Waals surface area contributed by atoms with Crippen LogP contribution in [0.3, 0.4) is 0 Å². The Bertz CT molecular complexity index is 434. The number of rotatable bonds is 9. The Balaban J connectivity index is 2.22. The molecule has 0 amide bonds. The first-order chi connectivity index (χ1) is 10.1. The second-order valence-corrected chi connectivity index (χ2v) is 5.59. The van der Waals surface area contributed by atoms with E-state index in [-0.39, 0.29) is 12.1 Å². The first-order valence-electron chi connectivity index (χ1n) is 7.64. The summed E-state index contributed by atoms with van der Waals surface area (Å²) in [7, 11) is 0. The van der Waals surface area contributed by atoms with Crippen molar-refractivity contribution in [3.63, 3.8) is 0 Å². The van der Waals surface area contributed by atoms with E-state index in [1.807, 2.05) is 37.3 Å². The van der Waals surface area contributed by atoms with E-state index in [9.17, 15) is 4.79 Å². The van der Waals surface area contributed by atoms with Crippen molar-refractivity contribution in [2.24, 2.45) is 0 Å². The Labute approximate surface area is 133 Å². The minimum Gasteiger partial charge on any atom is -0.455 e. The largest absolute Gasteiger partial charge is 0.455 e. The minimum absolute atomic E-state index is 0.164. The van der Waals surface area contributed by atoms with Gasteiger partial charge in [-0.1, -0.05) is 68.7 Å². The Morgan fingerprint density at radius 1 is 1.24 bits per heavy atom. The highest BCUT2D eigenvalue weighted by molar-refractivity contribution is 7.80. The van der Waals surface area contributed by atoms with Crippen LogP contribution in [0.25, 0.3) is 0 Å². The predicted molar refractivity (Wildman–Crippen MR) is 90.2 cm³/mol. The fourth-order valence-corrected chi connectivity index (χ4v) is 2.05. The summed E-state index contributed by atoms with van der Waals surface area (Å²) < 4.78 is 5.34. The third-order valence-electron chi connectivity index (χ3n) is 3.22. The van der Waals surface area contributed by atoms with Crippen molar-refractivity contribution in [2.45, 2.75) is 58.6 Å². The highest BCUT2D eigenvalue weighted by atomic mass is 32.1. The third-order valence-corrected chi connectivity index (χ3v) is 3.70. The van der Waals surface area contributed by atoms with Gasteiger partial charge in [0.15, 0.2) is 0 Å². The topological polar surface area (TPSA) is 38.3 Å². The molecule has 0 spiro atoms. The van der Waals surface area contributed by atoms with Crippen molar-refractivity contribution in [1.82, 2.24) is 5.32 Å². The predicted octanol–water partition coefficient (Wildman–Crippen LogP) is 4.01. The molecule has 1 aromatic carbocycles. The molecule has 3 nitrogen and oxygen atoms in total. The van der Waals surface area contributed by atoms with Crippen LogP contribution in [0.1, 0.15) is 51.5 Å². The van der Waals surface area contributed by atoms with E-state index < -0.39 is 0 Å². The van der Waals surface area contributed by atoms with E-state index in [4.69, 9.17) is 17.0 Å². The molecule has 0 heterocycles. The Morgan fingerprint density at radius 2 is 1.95 bits per heavy atom. The number of carbonyl (C=O) groups excluding carboxylic acids is 1. The highest BCUT2D eigenvalue weighted by Crippen LogP contribution is 2.06. The molecular weight excluding hydrogens is 282 g/mol. The van der Waals surface area contributed by atoms with Gasteiger partial charge in [-0.05, 0) is 18.9 Å². The summed E-state index contributed by atoms with van der Waals surface area (Å²) in [6, 6.07) is 10.0. The first-order valence-corrected chi connectivity index (χ1v) is 8.05. The van der Waals surface area contributed by atoms with E-state index in [1.54, 1.807) is 0 Å². The van der Waals surface area contributed by atoms with Crippen molar-refractivity contribution < 1.29 is 9.53 Å². The minimum atomic E-state index is -0.373. The molecule has 21 heavy (non-hydrogen) atoms. The van der Waals surface area contributed by atoms with Gasteiger partial charge in [-0.25, -0.2) is 0 Å². The average molecular weight is 307 g/mol. The van der Waals surface area contributed by atoms with E-state index in [2.05, 4.69) is 12.2 Å². The molecule has 0 aliphatic carbocycles. The smallest absolute Gasteiger partial charge is 0.306 e. The van der Waals surface area contributed by atoms with Gasteiger partial charge in [-0.3, -0.25) is 4.79 Å². The zero-order valence-electron chi connectivity index (χ0n) is 12.9. The molecule has 0 radical (unpaired) electrons. The van der Waals surface area contributed by atoms with E-state index >= 15 is 0 Å². The summed E-state index contributed by atoms with van der Waals surface area (Å²) in [5, 5.41) is 3.13. The Kier molecular flexibility index (Phi) is 8.67. The highest BCUT2D eigenvalue weighted by Gasteiger charge is 2.13. The van der Waals surface area contributed by atoms with Gasteiger partial charge in [0.25, 0.3) is 0 Å². The number of carbonyl (C=O) groups is 1. The maximum absolute atomic E-state index is 11.7. The van der Waals surface area contributed by atoms with Crippen molar-refractivity contribution in [1.29, 1.82) is 0 Å². The van der Waals surface area contributed by atoms with Gasteiger partial charge >= 0.3 is 5.97 Å². The number of ether oxygens (including phenoxy) is 1. The SMILES string of the molecule is CCCCCCC(=O)OC(C)C(=S)NCc1ccccc1. The molecule has 1 atom stereocenters. The maximum Gasteiger partial charge on any atom is 0.306 e. The Morgan fingerprint density at radius 3 is 2.62 bits per heavy atom. The van der Waals surface area contributed by atoms with Crippen LogP contribution in [0, 0.1) is 0 Å². The molecule has 0 bridgehead atoms. The van der Waals surface area contributed by atoms with Crippen LogP contribution in [-0.2, 0) is 16.1 Å². The molecule has 0 fully saturated rings. The van der Waals surface area contributed by atoms with Crippen LogP contribution in [-0.4, -0.2) is 17.1 Å². The number of benzene rings is 1. The molecule has 0 saturated heterocycles. The number of unbranched alkanes of at least 4 members (excludes halogenated alkanes) is 3. The van der Waals surface area contributed by atoms with Gasteiger partial charge in [0, 0.05) is 13.0 Å². The van der Waals surface area contributed by atoms with Gasteiger partial charge in [0.2, 0.25) is 0 Å². The molecule has 0 aliphatic heterocycles. The number of hydrogen-bond acceptors (Lipinski definition) is 3. The average Bonchev–Trinajstić information content (AvgIpc) is 2.50. The molecule has 116 valence electrons. The van der Waals surface area contributed by atoms with Crippen molar-refractivity contribution in [3.8, 4) is 0 Å². The molecule has 0 saturated carbocycles. The monoisotopic (exact) mass is 307 g/mol. The zero-order valence-corrected chi connectivity index (χ0v) is 13.7. The van der Waals surface area contributed by atoms with Crippen molar-refractivity contribution >= 4 is 23.2 Å². The summed E-state index contributed by atoms with van der Waals surface area (Å²) in [5.74, 6) is -0.164. The van der Waals surface area contributed by atoms with Crippen molar-refractivity contribution in [3.05, 3.63) is 35.9 Å². The van der Waals surface area contributed by atoms with Gasteiger partial charge in [-0.2, -0.15) is 0 Å². The standard InChI is InChI=1S/C17H25NO2S/c1-3-4-5-9-12-16(19)20-14(2)17(21)18-13-15-10-7-6-8-11-15/h6-8,10-11,14H,3-5,9,12-13H2,1-2H3,(H,18,21). The lowest BCUT2D eigenvalue weighted by Gasteiger charge is -2.16. The molecule has 4 heteroatoms. The zero-order chi connectivity index (χ0) is 15.5. The van der Waals surface area contributed by atoms with Gasteiger partial charge < -0.3 is 10.1 Å². The van der Waals surface area contributed by atoms with Crippen LogP contribution in [0.2, 0.25) is 0 Å². The van der Waals surface area contributed by atoms with Crippen LogP contribution in [0.5, 0.6) is 0 Å². The summed E-state index contributed by atoms with van der Waals surface area (Å²) in [5.41, 5.74) is 1.15. The lowest BCUT2D eigenvalue weighted by Crippen LogP contribution is -2.33. The normalized spacial score (nSPS) is 11.7. The number of hydrogen-bond donors (Lipinski definition) is 1. The first kappa shape index (κ1) is 17.6. The lowest BCUT2D eigenvalue weighted by molar-refractivity contribution is -0.145. The molecule has 0 aliphatic rings. The fraction of sp³-hybridized carbons (Fsp3) is 0.529. The molecule has 0 aromatic heterocycles. The van der Waals surface area contributed by atoms with E-state index in [1.165, 1.54) is 12.8 Å². The maximum atomic E-state index is 11.7. The number of esters is 1. The molecule has 1 rings (SSSR count). The summed E-state index contributed by atoms with van der Waals surface area (Å²) in [6.45, 7) is 4.61. The molecule has 1 aromatic rings. The fourth-order valence-electron chi connectivity index (χ4n) is 1.93. The number of thiocarbonyl (C=S) groups is 1. The van der Waals surface area contributed by atoms with Gasteiger partial charge in [0.1, 0.15) is 11.1 Å². The van der Waals surface area contributed by atoms with E-state index in [0.717, 1.165) is 18.4 Å². The number of nitrogens with one attached hydrogen (secondary N) is 1.